The number of hydrogen-bond acceptors (Lipinski definition) is 4. The van der Waals surface area contributed by atoms with Gasteiger partial charge >= 0.3 is 0 Å². The molecule has 0 bridgehead atoms. The zero-order valence-corrected chi connectivity index (χ0v) is 15.8. The van der Waals surface area contributed by atoms with Crippen LogP contribution in [0.5, 0.6) is 0 Å². The van der Waals surface area contributed by atoms with Crippen LogP contribution in [0, 0.1) is 0 Å². The first-order chi connectivity index (χ1) is 12.6. The minimum Gasteiger partial charge on any atom is -0.282 e. The van der Waals surface area contributed by atoms with E-state index in [1.54, 1.807) is 54.6 Å². The van der Waals surface area contributed by atoms with Crippen molar-refractivity contribution in [3.8, 4) is 0 Å². The molecule has 2 N–H and O–H groups in total. The second kappa shape index (κ2) is 8.45. The number of rotatable bonds is 4. The third-order valence-electron chi connectivity index (χ3n) is 3.64. The van der Waals surface area contributed by atoms with Gasteiger partial charge in [0.25, 0.3) is 20.2 Å². The molecule has 0 heterocycles. The highest BCUT2D eigenvalue weighted by atomic mass is 32.2. The molecule has 8 heteroatoms. The molecule has 3 rings (SSSR count). The molecule has 142 valence electrons. The Kier molecular flexibility index (Phi) is 6.50. The van der Waals surface area contributed by atoms with Crippen LogP contribution in [-0.2, 0) is 26.7 Å². The summed E-state index contributed by atoms with van der Waals surface area (Å²) in [4.78, 5) is -0.0921. The zero-order chi connectivity index (χ0) is 20.1. The van der Waals surface area contributed by atoms with Gasteiger partial charge in [0.2, 0.25) is 0 Å². The van der Waals surface area contributed by atoms with E-state index >= 15 is 0 Å². The fourth-order valence-corrected chi connectivity index (χ4v) is 3.95. The quantitative estimate of drug-likeness (QED) is 0.505. The van der Waals surface area contributed by atoms with E-state index < -0.39 is 20.2 Å². The molecule has 27 heavy (non-hydrogen) atoms. The molecule has 6 nitrogen and oxygen atoms in total. The minimum atomic E-state index is -4.13. The first-order valence-electron chi connectivity index (χ1n) is 7.76. The topological polar surface area (TPSA) is 109 Å². The van der Waals surface area contributed by atoms with Crippen LogP contribution in [0.1, 0.15) is 5.56 Å². The van der Waals surface area contributed by atoms with Gasteiger partial charge in [-0.15, -0.1) is 6.58 Å². The van der Waals surface area contributed by atoms with Gasteiger partial charge in [0.05, 0.1) is 4.90 Å². The zero-order valence-electron chi connectivity index (χ0n) is 14.2. The average molecular weight is 406 g/mol. The first-order valence-corrected chi connectivity index (χ1v) is 10.6. The molecule has 3 aromatic carbocycles. The predicted molar refractivity (Wildman–Crippen MR) is 104 cm³/mol. The lowest BCUT2D eigenvalue weighted by Crippen LogP contribution is -2.02. The summed E-state index contributed by atoms with van der Waals surface area (Å²) in [7, 11) is -8.23. The van der Waals surface area contributed by atoms with Crippen molar-refractivity contribution < 1.29 is 25.9 Å². The van der Waals surface area contributed by atoms with Gasteiger partial charge in [-0.3, -0.25) is 9.11 Å². The summed E-state index contributed by atoms with van der Waals surface area (Å²) in [5.74, 6) is 0. The van der Waals surface area contributed by atoms with Crippen LogP contribution in [0.15, 0.2) is 89.2 Å². The Morgan fingerprint density at radius 1 is 0.741 bits per heavy atom. The van der Waals surface area contributed by atoms with E-state index in [4.69, 9.17) is 9.11 Å². The second-order valence-electron chi connectivity index (χ2n) is 5.53. The molecule has 0 fully saturated rings. The number of hydrogen-bond donors (Lipinski definition) is 2. The molecule has 0 aliphatic rings. The largest absolute Gasteiger partial charge is 0.295 e. The lowest BCUT2D eigenvalue weighted by atomic mass is 10.1. The van der Waals surface area contributed by atoms with Crippen molar-refractivity contribution in [2.45, 2.75) is 16.2 Å². The number of fused-ring (bicyclic) bond motifs is 1. The summed E-state index contributed by atoms with van der Waals surface area (Å²) in [6.45, 7) is 3.50. The molecule has 3 aromatic rings. The molecule has 0 spiro atoms. The first kappa shape index (κ1) is 20.8. The number of allylic oxidation sites excluding steroid dienone is 1. The Hall–Kier alpha value is -2.52. The van der Waals surface area contributed by atoms with Crippen molar-refractivity contribution in [3.05, 3.63) is 84.9 Å². The molecule has 0 aliphatic carbocycles. The van der Waals surface area contributed by atoms with Crippen molar-refractivity contribution in [2.24, 2.45) is 0 Å². The Morgan fingerprint density at radius 3 is 1.89 bits per heavy atom. The normalized spacial score (nSPS) is 11.5. The summed E-state index contributed by atoms with van der Waals surface area (Å²) in [6, 6.07) is 18.1. The highest BCUT2D eigenvalue weighted by molar-refractivity contribution is 7.86. The smallest absolute Gasteiger partial charge is 0.282 e. The number of benzene rings is 3. The third-order valence-corrected chi connectivity index (χ3v) is 5.51. The molecule has 0 aliphatic heterocycles. The molecule has 0 saturated carbocycles. The van der Waals surface area contributed by atoms with Crippen LogP contribution >= 0.6 is 0 Å². The predicted octanol–water partition coefficient (Wildman–Crippen LogP) is 3.75. The van der Waals surface area contributed by atoms with Crippen molar-refractivity contribution in [1.82, 2.24) is 0 Å². The fourth-order valence-electron chi connectivity index (χ4n) is 2.50. The molecule has 0 saturated heterocycles. The molecular formula is C19H18O6S2. The van der Waals surface area contributed by atoms with Gasteiger partial charge in [-0.05, 0) is 29.5 Å². The van der Waals surface area contributed by atoms with Crippen molar-refractivity contribution in [1.29, 1.82) is 0 Å². The van der Waals surface area contributed by atoms with E-state index in [9.17, 15) is 16.8 Å². The van der Waals surface area contributed by atoms with Gasteiger partial charge in [0.15, 0.2) is 0 Å². The summed E-state index contributed by atoms with van der Waals surface area (Å²) in [5, 5.41) is 1.33. The lowest BCUT2D eigenvalue weighted by molar-refractivity contribution is 0.481. The van der Waals surface area contributed by atoms with Crippen molar-refractivity contribution >= 4 is 31.0 Å². The minimum absolute atomic E-state index is 0.0457. The maximum atomic E-state index is 11.0. The van der Waals surface area contributed by atoms with E-state index in [2.05, 4.69) is 6.58 Å². The average Bonchev–Trinajstić information content (AvgIpc) is 2.61. The van der Waals surface area contributed by atoms with E-state index in [-0.39, 0.29) is 9.79 Å². The van der Waals surface area contributed by atoms with E-state index in [1.807, 2.05) is 6.07 Å². The lowest BCUT2D eigenvalue weighted by Gasteiger charge is -2.02. The Bertz CT molecular complexity index is 1160. The Labute approximate surface area is 158 Å². The Morgan fingerprint density at radius 2 is 1.26 bits per heavy atom. The maximum absolute atomic E-state index is 11.0. The van der Waals surface area contributed by atoms with Gasteiger partial charge in [0, 0.05) is 5.39 Å². The van der Waals surface area contributed by atoms with Gasteiger partial charge in [-0.2, -0.15) is 16.8 Å². The van der Waals surface area contributed by atoms with Crippen LogP contribution in [0.2, 0.25) is 0 Å². The highest BCUT2D eigenvalue weighted by Crippen LogP contribution is 2.22. The van der Waals surface area contributed by atoms with Crippen LogP contribution in [-0.4, -0.2) is 25.9 Å². The SMILES string of the molecule is C=CCc1ccccc1S(=O)(=O)O.O=S(=O)(O)c1cccc2ccccc12. The van der Waals surface area contributed by atoms with Gasteiger partial charge < -0.3 is 0 Å². The van der Waals surface area contributed by atoms with Gasteiger partial charge in [-0.1, -0.05) is 60.7 Å². The van der Waals surface area contributed by atoms with E-state index in [0.29, 0.717) is 17.4 Å². The van der Waals surface area contributed by atoms with E-state index in [0.717, 1.165) is 5.39 Å². The molecule has 0 aromatic heterocycles. The van der Waals surface area contributed by atoms with Crippen LogP contribution < -0.4 is 0 Å². The van der Waals surface area contributed by atoms with Crippen LogP contribution in [0.4, 0.5) is 0 Å². The summed E-state index contributed by atoms with van der Waals surface area (Å²) >= 11 is 0. The van der Waals surface area contributed by atoms with Gasteiger partial charge in [-0.25, -0.2) is 0 Å². The van der Waals surface area contributed by atoms with E-state index in [1.165, 1.54) is 12.1 Å². The fraction of sp³-hybridized carbons (Fsp3) is 0.0526. The Balaban J connectivity index is 0.000000194. The van der Waals surface area contributed by atoms with Crippen molar-refractivity contribution in [2.75, 3.05) is 0 Å². The van der Waals surface area contributed by atoms with Crippen LogP contribution in [0.3, 0.4) is 0 Å². The third kappa shape index (κ3) is 5.48. The van der Waals surface area contributed by atoms with Gasteiger partial charge in [0.1, 0.15) is 4.90 Å². The van der Waals surface area contributed by atoms with Crippen LogP contribution in [0.25, 0.3) is 10.8 Å². The summed E-state index contributed by atoms with van der Waals surface area (Å²) in [5.41, 5.74) is 0.556. The monoisotopic (exact) mass is 406 g/mol. The summed E-state index contributed by atoms with van der Waals surface area (Å²) in [6.07, 6.45) is 2.01. The standard InChI is InChI=1S/C10H8O3S.C9H10O3S/c11-14(12,13)10-7-3-5-8-4-1-2-6-9(8)10;1-2-5-8-6-3-4-7-9(8)13(10,11)12/h1-7H,(H,11,12,13);2-4,6-7H,1,5H2,(H,10,11,12). The summed E-state index contributed by atoms with van der Waals surface area (Å²) < 4.78 is 61.5. The second-order valence-corrected chi connectivity index (χ2v) is 8.31. The van der Waals surface area contributed by atoms with Crippen molar-refractivity contribution in [3.63, 3.8) is 0 Å². The highest BCUT2D eigenvalue weighted by Gasteiger charge is 2.13. The molecule has 0 atom stereocenters. The maximum Gasteiger partial charge on any atom is 0.295 e. The molecular weight excluding hydrogens is 388 g/mol. The molecule has 0 radical (unpaired) electrons. The molecule has 0 amide bonds. The molecule has 0 unspecified atom stereocenters.